The van der Waals surface area contributed by atoms with Crippen molar-refractivity contribution in [3.8, 4) is 11.3 Å². The second-order valence-electron chi connectivity index (χ2n) is 5.35. The molecule has 1 aliphatic rings. The second-order valence-corrected chi connectivity index (χ2v) is 6.41. The number of carbonyl (C=O) groups excluding carboxylic acids is 1. The van der Waals surface area contributed by atoms with E-state index in [1.54, 1.807) is 11.3 Å². The van der Waals surface area contributed by atoms with E-state index in [0.717, 1.165) is 42.2 Å². The summed E-state index contributed by atoms with van der Waals surface area (Å²) in [5.41, 5.74) is 2.63. The van der Waals surface area contributed by atoms with Crippen LogP contribution in [0.2, 0.25) is 0 Å². The molecule has 23 heavy (non-hydrogen) atoms. The highest BCUT2D eigenvalue weighted by atomic mass is 35.5. The minimum absolute atomic E-state index is 0. The smallest absolute Gasteiger partial charge is 0.251 e. The van der Waals surface area contributed by atoms with Crippen molar-refractivity contribution in [1.29, 1.82) is 0 Å². The lowest BCUT2D eigenvalue weighted by Gasteiger charge is -2.23. The zero-order valence-corrected chi connectivity index (χ0v) is 15.3. The van der Waals surface area contributed by atoms with Crippen molar-refractivity contribution in [2.45, 2.75) is 25.8 Å². The number of benzene rings is 1. The Morgan fingerprint density at radius 2 is 2.22 bits per heavy atom. The molecular weight excluding hydrogens is 353 g/mol. The van der Waals surface area contributed by atoms with Gasteiger partial charge < -0.3 is 10.6 Å². The van der Waals surface area contributed by atoms with Gasteiger partial charge in [0.1, 0.15) is 0 Å². The molecule has 0 aliphatic carbocycles. The number of hydrogen-bond donors (Lipinski definition) is 2. The molecule has 2 aromatic rings. The van der Waals surface area contributed by atoms with Gasteiger partial charge >= 0.3 is 0 Å². The number of amides is 1. The average Bonchev–Trinajstić information content (AvgIpc) is 2.95. The number of aryl methyl sites for hydroxylation is 1. The summed E-state index contributed by atoms with van der Waals surface area (Å²) in [6.45, 7) is 3.89. The van der Waals surface area contributed by atoms with Gasteiger partial charge in [-0.05, 0) is 38.4 Å². The Bertz CT molecular complexity index is 642. The molecule has 1 fully saturated rings. The molecule has 1 aromatic heterocycles. The number of hydrogen-bond acceptors (Lipinski definition) is 4. The van der Waals surface area contributed by atoms with Crippen molar-refractivity contribution in [3.05, 3.63) is 40.2 Å². The Kier molecular flexibility index (Phi) is 7.99. The van der Waals surface area contributed by atoms with Crippen molar-refractivity contribution < 1.29 is 4.79 Å². The first kappa shape index (κ1) is 19.9. The molecule has 1 aromatic carbocycles. The van der Waals surface area contributed by atoms with E-state index in [9.17, 15) is 4.79 Å². The number of carbonyl (C=O) groups is 1. The summed E-state index contributed by atoms with van der Waals surface area (Å²) in [6, 6.07) is 7.91. The average molecular weight is 374 g/mol. The van der Waals surface area contributed by atoms with Crippen LogP contribution >= 0.6 is 36.2 Å². The molecule has 126 valence electrons. The molecule has 0 spiro atoms. The summed E-state index contributed by atoms with van der Waals surface area (Å²) in [5.74, 6) is -0.00231. The van der Waals surface area contributed by atoms with Gasteiger partial charge in [-0.15, -0.1) is 36.2 Å². The second kappa shape index (κ2) is 9.23. The molecule has 1 aliphatic heterocycles. The Morgan fingerprint density at radius 3 is 2.87 bits per heavy atom. The van der Waals surface area contributed by atoms with Crippen LogP contribution in [0.15, 0.2) is 29.6 Å². The number of aromatic nitrogens is 1. The lowest BCUT2D eigenvalue weighted by molar-refractivity contribution is 0.0930. The summed E-state index contributed by atoms with van der Waals surface area (Å²) in [7, 11) is 0. The topological polar surface area (TPSA) is 54.0 Å². The zero-order valence-electron chi connectivity index (χ0n) is 12.9. The highest BCUT2D eigenvalue weighted by Crippen LogP contribution is 2.22. The molecule has 7 heteroatoms. The van der Waals surface area contributed by atoms with Crippen LogP contribution in [-0.4, -0.2) is 30.0 Å². The van der Waals surface area contributed by atoms with Crippen molar-refractivity contribution >= 4 is 42.1 Å². The quantitative estimate of drug-likeness (QED) is 0.865. The van der Waals surface area contributed by atoms with Crippen LogP contribution in [-0.2, 0) is 0 Å². The summed E-state index contributed by atoms with van der Waals surface area (Å²) >= 11 is 1.62. The molecule has 0 saturated carbocycles. The predicted molar refractivity (Wildman–Crippen MR) is 100 cm³/mol. The van der Waals surface area contributed by atoms with Crippen molar-refractivity contribution in [3.63, 3.8) is 0 Å². The normalized spacial score (nSPS) is 16.8. The zero-order chi connectivity index (χ0) is 14.7. The number of rotatable bonds is 3. The number of thiazole rings is 1. The summed E-state index contributed by atoms with van der Waals surface area (Å²) < 4.78 is 0. The maximum Gasteiger partial charge on any atom is 0.251 e. The minimum atomic E-state index is -0.00231. The van der Waals surface area contributed by atoms with E-state index in [0.29, 0.717) is 5.56 Å². The third-order valence-electron chi connectivity index (χ3n) is 3.67. The maximum atomic E-state index is 12.3. The highest BCUT2D eigenvalue weighted by Gasteiger charge is 2.16. The van der Waals surface area contributed by atoms with E-state index < -0.39 is 0 Å². The van der Waals surface area contributed by atoms with Crippen LogP contribution in [0, 0.1) is 6.92 Å². The van der Waals surface area contributed by atoms with Gasteiger partial charge in [-0.3, -0.25) is 4.79 Å². The standard InChI is InChI=1S/C16H19N3OS.2ClH/c1-11-18-15(10-21-11)12-4-2-5-13(8-12)16(20)19-14-6-3-7-17-9-14;;/h2,4-5,8,10,14,17H,3,6-7,9H2,1H3,(H,19,20);2*1H. The summed E-state index contributed by atoms with van der Waals surface area (Å²) in [5, 5.41) is 9.47. The maximum absolute atomic E-state index is 12.3. The summed E-state index contributed by atoms with van der Waals surface area (Å²) in [6.07, 6.45) is 2.16. The lowest BCUT2D eigenvalue weighted by Crippen LogP contribution is -2.45. The lowest BCUT2D eigenvalue weighted by atomic mass is 10.1. The van der Waals surface area contributed by atoms with Crippen LogP contribution in [0.4, 0.5) is 0 Å². The molecule has 3 rings (SSSR count). The SMILES string of the molecule is Cc1nc(-c2cccc(C(=O)NC3CCCNC3)c2)cs1.Cl.Cl. The third-order valence-corrected chi connectivity index (χ3v) is 4.45. The van der Waals surface area contributed by atoms with Crippen molar-refractivity contribution in [2.24, 2.45) is 0 Å². The van der Waals surface area contributed by atoms with E-state index in [1.165, 1.54) is 0 Å². The number of piperidine rings is 1. The van der Waals surface area contributed by atoms with E-state index in [-0.39, 0.29) is 36.8 Å². The number of halogens is 2. The van der Waals surface area contributed by atoms with E-state index >= 15 is 0 Å². The largest absolute Gasteiger partial charge is 0.348 e. The minimum Gasteiger partial charge on any atom is -0.348 e. The Morgan fingerprint density at radius 1 is 1.39 bits per heavy atom. The first-order valence-corrected chi connectivity index (χ1v) is 8.14. The number of nitrogens with zero attached hydrogens (tertiary/aromatic N) is 1. The highest BCUT2D eigenvalue weighted by molar-refractivity contribution is 7.09. The fourth-order valence-electron chi connectivity index (χ4n) is 2.56. The third kappa shape index (κ3) is 5.18. The van der Waals surface area contributed by atoms with Gasteiger partial charge in [0.15, 0.2) is 0 Å². The molecule has 4 nitrogen and oxygen atoms in total. The number of nitrogens with one attached hydrogen (secondary N) is 2. The van der Waals surface area contributed by atoms with Gasteiger partial charge in [0.05, 0.1) is 10.7 Å². The fourth-order valence-corrected chi connectivity index (χ4v) is 3.18. The van der Waals surface area contributed by atoms with Crippen LogP contribution < -0.4 is 10.6 Å². The van der Waals surface area contributed by atoms with Gasteiger partial charge in [-0.25, -0.2) is 4.98 Å². The molecule has 1 saturated heterocycles. The Labute approximate surface area is 152 Å². The molecule has 2 N–H and O–H groups in total. The first-order valence-electron chi connectivity index (χ1n) is 7.26. The van der Waals surface area contributed by atoms with E-state index in [4.69, 9.17) is 0 Å². The van der Waals surface area contributed by atoms with Crippen LogP contribution in [0.25, 0.3) is 11.3 Å². The van der Waals surface area contributed by atoms with Gasteiger partial charge in [0.2, 0.25) is 0 Å². The summed E-state index contributed by atoms with van der Waals surface area (Å²) in [4.78, 5) is 16.8. The monoisotopic (exact) mass is 373 g/mol. The van der Waals surface area contributed by atoms with Crippen LogP contribution in [0.5, 0.6) is 0 Å². The molecule has 1 unspecified atom stereocenters. The molecule has 0 radical (unpaired) electrons. The van der Waals surface area contributed by atoms with Crippen LogP contribution in [0.1, 0.15) is 28.2 Å². The van der Waals surface area contributed by atoms with Crippen molar-refractivity contribution in [2.75, 3.05) is 13.1 Å². The Balaban J connectivity index is 0.00000132. The molecule has 1 atom stereocenters. The van der Waals surface area contributed by atoms with Crippen molar-refractivity contribution in [1.82, 2.24) is 15.6 Å². The first-order chi connectivity index (χ1) is 10.2. The van der Waals surface area contributed by atoms with Gasteiger partial charge in [0.25, 0.3) is 5.91 Å². The molecule has 0 bridgehead atoms. The molecule has 2 heterocycles. The Hall–Kier alpha value is -1.14. The van der Waals surface area contributed by atoms with Gasteiger partial charge in [-0.2, -0.15) is 0 Å². The molecular formula is C16H21Cl2N3OS. The van der Waals surface area contributed by atoms with Crippen LogP contribution in [0.3, 0.4) is 0 Å². The van der Waals surface area contributed by atoms with E-state index in [1.807, 2.05) is 36.6 Å². The van der Waals surface area contributed by atoms with Gasteiger partial charge in [-0.1, -0.05) is 12.1 Å². The predicted octanol–water partition coefficient (Wildman–Crippen LogP) is 3.44. The van der Waals surface area contributed by atoms with Gasteiger partial charge in [0, 0.05) is 29.1 Å². The fraction of sp³-hybridized carbons (Fsp3) is 0.375. The van der Waals surface area contributed by atoms with E-state index in [2.05, 4.69) is 15.6 Å². The molecule has 1 amide bonds.